The number of thiophene rings is 1. The SMILES string of the molecule is c1ccc(N(c2ccc3c(c2)sc2ccccc23)c2ccccc2-c2cccc3c2-c2ccccc2C32c3ccc4ccccc4c3Oc3c2ccc2ccccc32)cc1. The average molecular weight is 782 g/mol. The van der Waals surface area contributed by atoms with Crippen LogP contribution in [0, 0.1) is 0 Å². The third-order valence-corrected chi connectivity index (χ3v) is 14.0. The molecule has 60 heavy (non-hydrogen) atoms. The molecule has 2 aliphatic rings. The first-order valence-corrected chi connectivity index (χ1v) is 21.4. The molecule has 10 aromatic carbocycles. The molecule has 0 amide bonds. The van der Waals surface area contributed by atoms with E-state index in [-0.39, 0.29) is 0 Å². The summed E-state index contributed by atoms with van der Waals surface area (Å²) in [6.07, 6.45) is 0. The van der Waals surface area contributed by atoms with Crippen LogP contribution in [-0.4, -0.2) is 0 Å². The monoisotopic (exact) mass is 781 g/mol. The zero-order valence-electron chi connectivity index (χ0n) is 32.5. The lowest BCUT2D eigenvalue weighted by atomic mass is 9.65. The van der Waals surface area contributed by atoms with Crippen LogP contribution in [0.5, 0.6) is 11.5 Å². The van der Waals surface area contributed by atoms with Crippen molar-refractivity contribution in [3.8, 4) is 33.8 Å². The van der Waals surface area contributed by atoms with Crippen LogP contribution in [-0.2, 0) is 5.41 Å². The zero-order chi connectivity index (χ0) is 39.4. The van der Waals surface area contributed by atoms with Crippen LogP contribution in [0.4, 0.5) is 17.1 Å². The Labute approximate surface area is 351 Å². The van der Waals surface area contributed by atoms with Gasteiger partial charge in [0.05, 0.1) is 11.1 Å². The molecule has 280 valence electrons. The Morgan fingerprint density at radius 2 is 0.950 bits per heavy atom. The van der Waals surface area contributed by atoms with Gasteiger partial charge in [-0.2, -0.15) is 0 Å². The Kier molecular flexibility index (Phi) is 7.13. The molecule has 0 saturated carbocycles. The van der Waals surface area contributed by atoms with Gasteiger partial charge in [0.15, 0.2) is 0 Å². The number of para-hydroxylation sites is 2. The van der Waals surface area contributed by atoms with E-state index in [0.29, 0.717) is 0 Å². The van der Waals surface area contributed by atoms with Gasteiger partial charge in [-0.25, -0.2) is 0 Å². The Morgan fingerprint density at radius 3 is 1.72 bits per heavy atom. The summed E-state index contributed by atoms with van der Waals surface area (Å²) in [4.78, 5) is 2.44. The van der Waals surface area contributed by atoms with Gasteiger partial charge in [-0.3, -0.25) is 0 Å². The fourth-order valence-corrected chi connectivity index (χ4v) is 11.6. The predicted molar refractivity (Wildman–Crippen MR) is 252 cm³/mol. The highest BCUT2D eigenvalue weighted by Gasteiger charge is 2.52. The van der Waals surface area contributed by atoms with Gasteiger partial charge in [0.25, 0.3) is 0 Å². The van der Waals surface area contributed by atoms with Crippen LogP contribution < -0.4 is 9.64 Å². The van der Waals surface area contributed by atoms with Crippen LogP contribution in [0.1, 0.15) is 22.3 Å². The summed E-state index contributed by atoms with van der Waals surface area (Å²) < 4.78 is 9.81. The molecule has 1 spiro atoms. The van der Waals surface area contributed by atoms with Crippen molar-refractivity contribution in [1.82, 2.24) is 0 Å². The second-order valence-corrected chi connectivity index (χ2v) is 17.0. The van der Waals surface area contributed by atoms with Crippen LogP contribution >= 0.6 is 11.3 Å². The molecule has 0 fully saturated rings. The third-order valence-electron chi connectivity index (χ3n) is 12.9. The van der Waals surface area contributed by atoms with Crippen molar-refractivity contribution in [3.63, 3.8) is 0 Å². The second kappa shape index (κ2) is 12.8. The summed E-state index contributed by atoms with van der Waals surface area (Å²) >= 11 is 1.86. The molecule has 0 bridgehead atoms. The van der Waals surface area contributed by atoms with E-state index in [0.717, 1.165) is 39.3 Å². The highest BCUT2D eigenvalue weighted by Crippen LogP contribution is 2.65. The smallest absolute Gasteiger partial charge is 0.140 e. The summed E-state index contributed by atoms with van der Waals surface area (Å²) in [6, 6.07) is 77.9. The van der Waals surface area contributed by atoms with Crippen molar-refractivity contribution in [2.75, 3.05) is 4.90 Å². The Balaban J connectivity index is 1.10. The van der Waals surface area contributed by atoms with Gasteiger partial charge in [-0.15, -0.1) is 11.3 Å². The number of rotatable bonds is 4. The Morgan fingerprint density at radius 1 is 0.367 bits per heavy atom. The highest BCUT2D eigenvalue weighted by molar-refractivity contribution is 7.25. The molecule has 11 aromatic rings. The first-order chi connectivity index (χ1) is 29.8. The highest BCUT2D eigenvalue weighted by atomic mass is 32.1. The van der Waals surface area contributed by atoms with Crippen molar-refractivity contribution < 1.29 is 4.74 Å². The molecule has 0 radical (unpaired) electrons. The van der Waals surface area contributed by atoms with Gasteiger partial charge in [0.2, 0.25) is 0 Å². The number of hydrogen-bond donors (Lipinski definition) is 0. The summed E-state index contributed by atoms with van der Waals surface area (Å²) in [6.45, 7) is 0. The van der Waals surface area contributed by atoms with Crippen molar-refractivity contribution in [2.24, 2.45) is 0 Å². The maximum absolute atomic E-state index is 7.23. The topological polar surface area (TPSA) is 12.5 Å². The molecule has 1 aromatic heterocycles. The lowest BCUT2D eigenvalue weighted by Gasteiger charge is -2.40. The van der Waals surface area contributed by atoms with Crippen LogP contribution in [0.15, 0.2) is 212 Å². The summed E-state index contributed by atoms with van der Waals surface area (Å²) in [5.74, 6) is 1.86. The van der Waals surface area contributed by atoms with Gasteiger partial charge >= 0.3 is 0 Å². The van der Waals surface area contributed by atoms with Crippen molar-refractivity contribution in [3.05, 3.63) is 235 Å². The molecule has 0 unspecified atom stereocenters. The van der Waals surface area contributed by atoms with E-state index in [1.165, 1.54) is 75.5 Å². The number of benzene rings is 10. The van der Waals surface area contributed by atoms with E-state index >= 15 is 0 Å². The number of ether oxygens (including phenoxy) is 1. The lowest BCUT2D eigenvalue weighted by molar-refractivity contribution is 0.447. The first-order valence-electron chi connectivity index (χ1n) is 20.6. The fraction of sp³-hybridized carbons (Fsp3) is 0.0175. The fourth-order valence-electron chi connectivity index (χ4n) is 10.4. The minimum atomic E-state index is -0.626. The predicted octanol–water partition coefficient (Wildman–Crippen LogP) is 16.0. The molecule has 2 heterocycles. The van der Waals surface area contributed by atoms with Crippen molar-refractivity contribution >= 4 is 70.1 Å². The molecule has 3 heteroatoms. The van der Waals surface area contributed by atoms with Gasteiger partial charge in [0.1, 0.15) is 11.5 Å². The van der Waals surface area contributed by atoms with Gasteiger partial charge < -0.3 is 9.64 Å². The molecule has 1 aliphatic carbocycles. The molecule has 0 atom stereocenters. The molecule has 0 N–H and O–H groups in total. The molecule has 13 rings (SSSR count). The molecular weight excluding hydrogens is 747 g/mol. The van der Waals surface area contributed by atoms with Crippen LogP contribution in [0.2, 0.25) is 0 Å². The summed E-state index contributed by atoms with van der Waals surface area (Å²) in [7, 11) is 0. The van der Waals surface area contributed by atoms with E-state index < -0.39 is 5.41 Å². The number of hydrogen-bond acceptors (Lipinski definition) is 3. The zero-order valence-corrected chi connectivity index (χ0v) is 33.3. The van der Waals surface area contributed by atoms with Crippen LogP contribution in [0.3, 0.4) is 0 Å². The van der Waals surface area contributed by atoms with Crippen LogP contribution in [0.25, 0.3) is 64.0 Å². The third kappa shape index (κ3) is 4.58. The van der Waals surface area contributed by atoms with E-state index in [4.69, 9.17) is 4.74 Å². The summed E-state index contributed by atoms with van der Waals surface area (Å²) in [5.41, 5.74) is 12.5. The minimum Gasteiger partial charge on any atom is -0.455 e. The summed E-state index contributed by atoms with van der Waals surface area (Å²) in [5, 5.41) is 7.17. The van der Waals surface area contributed by atoms with Crippen molar-refractivity contribution in [2.45, 2.75) is 5.41 Å². The van der Waals surface area contributed by atoms with E-state index in [1.807, 2.05) is 11.3 Å². The van der Waals surface area contributed by atoms with E-state index in [2.05, 4.69) is 217 Å². The first kappa shape index (κ1) is 33.5. The number of nitrogens with zero attached hydrogens (tertiary/aromatic N) is 1. The largest absolute Gasteiger partial charge is 0.455 e. The minimum absolute atomic E-state index is 0.626. The Bertz CT molecular complexity index is 3460. The quantitative estimate of drug-likeness (QED) is 0.176. The Hall–Kier alpha value is -7.46. The van der Waals surface area contributed by atoms with E-state index in [9.17, 15) is 0 Å². The normalized spacial score (nSPS) is 13.3. The standard InChI is InChI=1S/C57H35NOS/c1-2-17-38(18-3-1)58(39-31-32-44-43-22-10-13-28-52(43)60-53(44)35-39)51-27-12-9-21-42(51)45-24-14-26-48-54(45)46-23-8-11-25-47(46)57(48)49-33-29-36-15-4-6-19-40(36)55(49)59-56-41-20-7-5-16-37(41)30-34-50(56)57/h1-35H. The molecular formula is C57H35NOS. The average Bonchev–Trinajstić information content (AvgIpc) is 3.83. The molecule has 1 aliphatic heterocycles. The molecule has 0 saturated heterocycles. The van der Waals surface area contributed by atoms with Crippen molar-refractivity contribution in [1.29, 1.82) is 0 Å². The number of anilines is 3. The van der Waals surface area contributed by atoms with Gasteiger partial charge in [-0.1, -0.05) is 176 Å². The maximum Gasteiger partial charge on any atom is 0.140 e. The molecule has 2 nitrogen and oxygen atoms in total. The van der Waals surface area contributed by atoms with Gasteiger partial charge in [0, 0.05) is 59.0 Å². The maximum atomic E-state index is 7.23. The second-order valence-electron chi connectivity index (χ2n) is 15.9. The lowest BCUT2D eigenvalue weighted by Crippen LogP contribution is -2.32. The number of fused-ring (bicyclic) bond motifs is 16. The van der Waals surface area contributed by atoms with E-state index in [1.54, 1.807) is 0 Å². The van der Waals surface area contributed by atoms with Gasteiger partial charge in [-0.05, 0) is 75.0 Å².